The number of benzene rings is 1. The number of esters is 1. The van der Waals surface area contributed by atoms with Gasteiger partial charge in [0.25, 0.3) is 0 Å². The van der Waals surface area contributed by atoms with E-state index in [0.717, 1.165) is 44.1 Å². The van der Waals surface area contributed by atoms with E-state index in [1.165, 1.54) is 0 Å². The van der Waals surface area contributed by atoms with E-state index in [-0.39, 0.29) is 16.9 Å². The Morgan fingerprint density at radius 2 is 2.00 bits per heavy atom. The van der Waals surface area contributed by atoms with E-state index in [1.54, 1.807) is 12.1 Å². The minimum absolute atomic E-state index is 0.0297. The molecule has 3 nitrogen and oxygen atoms in total. The van der Waals surface area contributed by atoms with Crippen LogP contribution in [0.5, 0.6) is 5.75 Å². The minimum atomic E-state index is -0.396. The first kappa shape index (κ1) is 15.9. The molecule has 0 heterocycles. The van der Waals surface area contributed by atoms with Crippen molar-refractivity contribution in [3.63, 3.8) is 0 Å². The van der Waals surface area contributed by atoms with Gasteiger partial charge in [-0.15, -0.1) is 0 Å². The van der Waals surface area contributed by atoms with Crippen LogP contribution in [-0.4, -0.2) is 16.7 Å². The summed E-state index contributed by atoms with van der Waals surface area (Å²) in [7, 11) is 0. The van der Waals surface area contributed by atoms with Gasteiger partial charge in [0.1, 0.15) is 16.9 Å². The molecule has 1 aliphatic rings. The highest BCUT2D eigenvalue weighted by Gasteiger charge is 2.36. The molecule has 1 atom stereocenters. The molecule has 1 fully saturated rings. The zero-order valence-electron chi connectivity index (χ0n) is 13.3. The maximum atomic E-state index is 12.4. The Bertz CT molecular complexity index is 501. The summed E-state index contributed by atoms with van der Waals surface area (Å²) in [6.07, 6.45) is 5.93. The maximum Gasteiger partial charge on any atom is 0.342 e. The lowest BCUT2D eigenvalue weighted by atomic mass is 9.96. The molecular weight excluding hydrogens is 264 g/mol. The van der Waals surface area contributed by atoms with Gasteiger partial charge in [-0.3, -0.25) is 0 Å². The molecule has 1 N–H and O–H groups in total. The number of ether oxygens (including phenoxy) is 1. The standard InChI is InChI=1S/C18H26O3/c1-4-13(3)14-8-9-15(16(19)12-14)17(20)21-18(5-2)10-6-7-11-18/h8-9,12-13,19H,4-7,10-11H2,1-3H3. The van der Waals surface area contributed by atoms with Crippen LogP contribution in [0, 0.1) is 0 Å². The molecule has 0 aromatic heterocycles. The molecule has 3 heteroatoms. The number of hydrogen-bond acceptors (Lipinski definition) is 3. The van der Waals surface area contributed by atoms with E-state index >= 15 is 0 Å². The predicted octanol–water partition coefficient (Wildman–Crippen LogP) is 4.79. The normalized spacial score (nSPS) is 18.4. The van der Waals surface area contributed by atoms with E-state index in [1.807, 2.05) is 6.07 Å². The van der Waals surface area contributed by atoms with Crippen LogP contribution in [-0.2, 0) is 4.74 Å². The van der Waals surface area contributed by atoms with Gasteiger partial charge in [-0.25, -0.2) is 4.79 Å². The monoisotopic (exact) mass is 290 g/mol. The summed E-state index contributed by atoms with van der Waals surface area (Å²) < 4.78 is 5.74. The Balaban J connectivity index is 2.16. The second-order valence-corrected chi connectivity index (χ2v) is 6.22. The number of phenolic OH excluding ortho intramolecular Hbond substituents is 1. The van der Waals surface area contributed by atoms with E-state index in [9.17, 15) is 9.90 Å². The molecule has 0 bridgehead atoms. The molecule has 1 saturated carbocycles. The fraction of sp³-hybridized carbons (Fsp3) is 0.611. The Morgan fingerprint density at radius 3 is 2.52 bits per heavy atom. The average molecular weight is 290 g/mol. The van der Waals surface area contributed by atoms with Crippen LogP contribution in [0.4, 0.5) is 0 Å². The van der Waals surface area contributed by atoms with Gasteiger partial charge in [-0.1, -0.05) is 26.8 Å². The zero-order valence-corrected chi connectivity index (χ0v) is 13.3. The average Bonchev–Trinajstić information content (AvgIpc) is 2.95. The molecule has 2 rings (SSSR count). The maximum absolute atomic E-state index is 12.4. The Morgan fingerprint density at radius 1 is 1.33 bits per heavy atom. The smallest absolute Gasteiger partial charge is 0.342 e. The van der Waals surface area contributed by atoms with Crippen molar-refractivity contribution in [2.75, 3.05) is 0 Å². The SMILES string of the molecule is CCC(C)c1ccc(C(=O)OC2(CC)CCCC2)c(O)c1. The van der Waals surface area contributed by atoms with Crippen LogP contribution in [0.15, 0.2) is 18.2 Å². The van der Waals surface area contributed by atoms with Crippen LogP contribution in [0.3, 0.4) is 0 Å². The molecule has 1 unspecified atom stereocenters. The Hall–Kier alpha value is -1.51. The topological polar surface area (TPSA) is 46.5 Å². The van der Waals surface area contributed by atoms with Crippen molar-refractivity contribution in [1.82, 2.24) is 0 Å². The third-order valence-electron chi connectivity index (χ3n) is 4.89. The molecule has 0 aliphatic heterocycles. The number of phenols is 1. The molecule has 0 saturated heterocycles. The third kappa shape index (κ3) is 3.39. The number of carbonyl (C=O) groups is 1. The van der Waals surface area contributed by atoms with Crippen LogP contribution in [0.25, 0.3) is 0 Å². The Kier molecular flexibility index (Phi) is 4.92. The van der Waals surface area contributed by atoms with Crippen molar-refractivity contribution >= 4 is 5.97 Å². The van der Waals surface area contributed by atoms with Crippen LogP contribution >= 0.6 is 0 Å². The first-order chi connectivity index (χ1) is 10.0. The highest BCUT2D eigenvalue weighted by atomic mass is 16.6. The van der Waals surface area contributed by atoms with Crippen molar-refractivity contribution < 1.29 is 14.6 Å². The first-order valence-corrected chi connectivity index (χ1v) is 8.07. The predicted molar refractivity (Wildman–Crippen MR) is 83.7 cm³/mol. The molecule has 116 valence electrons. The fourth-order valence-electron chi connectivity index (χ4n) is 3.06. The van der Waals surface area contributed by atoms with Gasteiger partial charge in [-0.2, -0.15) is 0 Å². The van der Waals surface area contributed by atoms with Gasteiger partial charge >= 0.3 is 5.97 Å². The first-order valence-electron chi connectivity index (χ1n) is 8.07. The molecule has 0 amide bonds. The van der Waals surface area contributed by atoms with E-state index in [0.29, 0.717) is 5.92 Å². The highest BCUT2D eigenvalue weighted by molar-refractivity contribution is 5.92. The summed E-state index contributed by atoms with van der Waals surface area (Å²) >= 11 is 0. The van der Waals surface area contributed by atoms with Crippen LogP contribution < -0.4 is 0 Å². The molecule has 21 heavy (non-hydrogen) atoms. The number of carbonyl (C=O) groups excluding carboxylic acids is 1. The number of hydrogen-bond donors (Lipinski definition) is 1. The van der Waals surface area contributed by atoms with Gasteiger partial charge in [-0.05, 0) is 62.1 Å². The fourth-order valence-corrected chi connectivity index (χ4v) is 3.06. The van der Waals surface area contributed by atoms with E-state index < -0.39 is 5.97 Å². The van der Waals surface area contributed by atoms with Crippen molar-refractivity contribution in [2.24, 2.45) is 0 Å². The van der Waals surface area contributed by atoms with E-state index in [4.69, 9.17) is 4.74 Å². The van der Waals surface area contributed by atoms with Gasteiger partial charge in [0.15, 0.2) is 0 Å². The van der Waals surface area contributed by atoms with Crippen molar-refractivity contribution in [3.05, 3.63) is 29.3 Å². The lowest BCUT2D eigenvalue weighted by Gasteiger charge is -2.27. The summed E-state index contributed by atoms with van der Waals surface area (Å²) in [5.74, 6) is 0.00629. The molecular formula is C18H26O3. The van der Waals surface area contributed by atoms with Crippen LogP contribution in [0.1, 0.15) is 81.1 Å². The lowest BCUT2D eigenvalue weighted by Crippen LogP contribution is -2.31. The largest absolute Gasteiger partial charge is 0.507 e. The van der Waals surface area contributed by atoms with Gasteiger partial charge in [0.05, 0.1) is 0 Å². The third-order valence-corrected chi connectivity index (χ3v) is 4.89. The number of aromatic hydroxyl groups is 1. The Labute approximate surface area is 127 Å². The van der Waals surface area contributed by atoms with Crippen molar-refractivity contribution in [1.29, 1.82) is 0 Å². The molecule has 0 spiro atoms. The zero-order chi connectivity index (χ0) is 15.5. The van der Waals surface area contributed by atoms with Gasteiger partial charge in [0, 0.05) is 0 Å². The summed E-state index contributed by atoms with van der Waals surface area (Å²) in [5.41, 5.74) is 1.01. The number of rotatable bonds is 5. The minimum Gasteiger partial charge on any atom is -0.507 e. The molecule has 1 aromatic rings. The molecule has 1 aliphatic carbocycles. The highest BCUT2D eigenvalue weighted by Crippen LogP contribution is 2.37. The molecule has 0 radical (unpaired) electrons. The van der Waals surface area contributed by atoms with Gasteiger partial charge in [0.2, 0.25) is 0 Å². The summed E-state index contributed by atoms with van der Waals surface area (Å²) in [5, 5.41) is 10.1. The second kappa shape index (κ2) is 6.50. The van der Waals surface area contributed by atoms with Crippen molar-refractivity contribution in [3.8, 4) is 5.75 Å². The second-order valence-electron chi connectivity index (χ2n) is 6.22. The molecule has 1 aromatic carbocycles. The lowest BCUT2D eigenvalue weighted by molar-refractivity contribution is -0.0174. The summed E-state index contributed by atoms with van der Waals surface area (Å²) in [6, 6.07) is 5.30. The quantitative estimate of drug-likeness (QED) is 0.793. The van der Waals surface area contributed by atoms with Gasteiger partial charge < -0.3 is 9.84 Å². The van der Waals surface area contributed by atoms with Crippen LogP contribution in [0.2, 0.25) is 0 Å². The van der Waals surface area contributed by atoms with Crippen molar-refractivity contribution in [2.45, 2.75) is 70.8 Å². The summed E-state index contributed by atoms with van der Waals surface area (Å²) in [6.45, 7) is 6.27. The van der Waals surface area contributed by atoms with E-state index in [2.05, 4.69) is 20.8 Å². The summed E-state index contributed by atoms with van der Waals surface area (Å²) in [4.78, 5) is 12.4.